The first-order chi connectivity index (χ1) is 12.4. The minimum Gasteiger partial charge on any atom is -0.357 e. The first kappa shape index (κ1) is 23.4. The molecule has 1 aromatic heterocycles. The van der Waals surface area contributed by atoms with Gasteiger partial charge in [-0.3, -0.25) is 4.68 Å². The maximum atomic E-state index is 4.78. The number of halogens is 1. The van der Waals surface area contributed by atoms with Crippen molar-refractivity contribution in [3.63, 3.8) is 0 Å². The summed E-state index contributed by atoms with van der Waals surface area (Å²) in [6.07, 6.45) is 3.79. The van der Waals surface area contributed by atoms with E-state index in [1.165, 1.54) is 11.1 Å². The SMILES string of the molecule is CCNC(=NCc1ccccc1Cn1cccn1)NCC(C)(C)N(C)C.I. The summed E-state index contributed by atoms with van der Waals surface area (Å²) in [5, 5.41) is 11.1. The van der Waals surface area contributed by atoms with Gasteiger partial charge in [-0.25, -0.2) is 4.99 Å². The highest BCUT2D eigenvalue weighted by Gasteiger charge is 2.20. The lowest BCUT2D eigenvalue weighted by Crippen LogP contribution is -2.50. The van der Waals surface area contributed by atoms with E-state index in [1.807, 2.05) is 16.9 Å². The molecule has 0 unspecified atom stereocenters. The number of guanidine groups is 1. The molecule has 0 radical (unpaired) electrons. The van der Waals surface area contributed by atoms with Gasteiger partial charge in [0.15, 0.2) is 5.96 Å². The van der Waals surface area contributed by atoms with Gasteiger partial charge in [-0.05, 0) is 52.1 Å². The highest BCUT2D eigenvalue weighted by Crippen LogP contribution is 2.12. The quantitative estimate of drug-likeness (QED) is 0.344. The van der Waals surface area contributed by atoms with Gasteiger partial charge < -0.3 is 15.5 Å². The van der Waals surface area contributed by atoms with E-state index >= 15 is 0 Å². The Morgan fingerprint density at radius 3 is 2.44 bits per heavy atom. The second-order valence-electron chi connectivity index (χ2n) is 7.23. The van der Waals surface area contributed by atoms with Crippen molar-refractivity contribution in [2.75, 3.05) is 27.2 Å². The summed E-state index contributed by atoms with van der Waals surface area (Å²) < 4.78 is 1.94. The van der Waals surface area contributed by atoms with E-state index in [2.05, 4.69) is 79.8 Å². The van der Waals surface area contributed by atoms with Crippen molar-refractivity contribution < 1.29 is 0 Å². The van der Waals surface area contributed by atoms with Crippen molar-refractivity contribution in [3.05, 3.63) is 53.9 Å². The van der Waals surface area contributed by atoms with E-state index < -0.39 is 0 Å². The van der Waals surface area contributed by atoms with Gasteiger partial charge in [-0.2, -0.15) is 5.10 Å². The molecule has 0 spiro atoms. The number of rotatable bonds is 8. The van der Waals surface area contributed by atoms with Crippen LogP contribution >= 0.6 is 24.0 Å². The molecule has 2 rings (SSSR count). The summed E-state index contributed by atoms with van der Waals surface area (Å²) in [6.45, 7) is 9.56. The van der Waals surface area contributed by atoms with Gasteiger partial charge in [0.25, 0.3) is 0 Å². The lowest BCUT2D eigenvalue weighted by atomic mass is 10.0. The van der Waals surface area contributed by atoms with Crippen molar-refractivity contribution in [1.29, 1.82) is 0 Å². The van der Waals surface area contributed by atoms with E-state index in [1.54, 1.807) is 6.20 Å². The average Bonchev–Trinajstić information content (AvgIpc) is 3.11. The standard InChI is InChI=1S/C20H32N6.HI/c1-6-21-19(23-16-20(2,3)25(4)5)22-14-17-10-7-8-11-18(17)15-26-13-9-12-24-26;/h7-13H,6,14-16H2,1-5H3,(H2,21,22,23);1H. The molecule has 0 bridgehead atoms. The number of benzene rings is 1. The summed E-state index contributed by atoms with van der Waals surface area (Å²) in [5.74, 6) is 0.844. The first-order valence-electron chi connectivity index (χ1n) is 9.16. The summed E-state index contributed by atoms with van der Waals surface area (Å²) in [4.78, 5) is 6.99. The minimum absolute atomic E-state index is 0. The summed E-state index contributed by atoms with van der Waals surface area (Å²) in [5.41, 5.74) is 2.50. The normalized spacial score (nSPS) is 12.0. The van der Waals surface area contributed by atoms with E-state index in [-0.39, 0.29) is 29.5 Å². The van der Waals surface area contributed by atoms with Gasteiger partial charge >= 0.3 is 0 Å². The smallest absolute Gasteiger partial charge is 0.191 e. The molecule has 0 atom stereocenters. The Kier molecular flexibility index (Phi) is 9.79. The van der Waals surface area contributed by atoms with Crippen molar-refractivity contribution in [1.82, 2.24) is 25.3 Å². The minimum atomic E-state index is 0. The number of aromatic nitrogens is 2. The Morgan fingerprint density at radius 1 is 1.15 bits per heavy atom. The lowest BCUT2D eigenvalue weighted by Gasteiger charge is -2.33. The van der Waals surface area contributed by atoms with Crippen LogP contribution in [0.5, 0.6) is 0 Å². The zero-order valence-corrected chi connectivity index (χ0v) is 19.4. The van der Waals surface area contributed by atoms with Crippen LogP contribution in [0.15, 0.2) is 47.7 Å². The molecule has 0 amide bonds. The zero-order valence-electron chi connectivity index (χ0n) is 17.1. The van der Waals surface area contributed by atoms with Gasteiger partial charge in [0.05, 0.1) is 13.1 Å². The predicted octanol–water partition coefficient (Wildman–Crippen LogP) is 2.94. The number of nitrogens with zero attached hydrogens (tertiary/aromatic N) is 4. The Labute approximate surface area is 180 Å². The molecule has 27 heavy (non-hydrogen) atoms. The van der Waals surface area contributed by atoms with Gasteiger partial charge in [0, 0.05) is 31.0 Å². The number of likely N-dealkylation sites (N-methyl/N-ethyl adjacent to an activating group) is 1. The van der Waals surface area contributed by atoms with Gasteiger partial charge in [0.1, 0.15) is 0 Å². The number of hydrogen-bond donors (Lipinski definition) is 2. The maximum absolute atomic E-state index is 4.78. The van der Waals surface area contributed by atoms with Crippen molar-refractivity contribution in [2.24, 2.45) is 4.99 Å². The third kappa shape index (κ3) is 7.50. The monoisotopic (exact) mass is 484 g/mol. The second kappa shape index (κ2) is 11.3. The molecule has 0 aliphatic carbocycles. The molecule has 150 valence electrons. The Balaban J connectivity index is 0.00000364. The Bertz CT molecular complexity index is 694. The van der Waals surface area contributed by atoms with Crippen LogP contribution in [0.25, 0.3) is 0 Å². The van der Waals surface area contributed by atoms with Crippen molar-refractivity contribution >= 4 is 29.9 Å². The van der Waals surface area contributed by atoms with E-state index in [0.29, 0.717) is 6.54 Å². The molecule has 0 aliphatic heterocycles. The lowest BCUT2D eigenvalue weighted by molar-refractivity contribution is 0.197. The van der Waals surface area contributed by atoms with Crippen LogP contribution in [-0.4, -0.2) is 53.4 Å². The van der Waals surface area contributed by atoms with Crippen LogP contribution in [0.1, 0.15) is 31.9 Å². The Hall–Kier alpha value is -1.61. The fourth-order valence-corrected chi connectivity index (χ4v) is 2.40. The van der Waals surface area contributed by atoms with E-state index in [9.17, 15) is 0 Å². The molecule has 2 aromatic rings. The van der Waals surface area contributed by atoms with Gasteiger partial charge in [-0.15, -0.1) is 24.0 Å². The summed E-state index contributed by atoms with van der Waals surface area (Å²) in [7, 11) is 4.19. The predicted molar refractivity (Wildman–Crippen MR) is 124 cm³/mol. The third-order valence-electron chi connectivity index (χ3n) is 4.66. The van der Waals surface area contributed by atoms with Gasteiger partial charge in [-0.1, -0.05) is 24.3 Å². The molecule has 6 nitrogen and oxygen atoms in total. The average molecular weight is 484 g/mol. The van der Waals surface area contributed by atoms with Crippen molar-refractivity contribution in [3.8, 4) is 0 Å². The number of hydrogen-bond acceptors (Lipinski definition) is 3. The molecular weight excluding hydrogens is 451 g/mol. The number of nitrogens with one attached hydrogen (secondary N) is 2. The highest BCUT2D eigenvalue weighted by atomic mass is 127. The first-order valence-corrected chi connectivity index (χ1v) is 9.16. The van der Waals surface area contributed by atoms with Crippen LogP contribution in [0.4, 0.5) is 0 Å². The molecular formula is C20H33IN6. The third-order valence-corrected chi connectivity index (χ3v) is 4.66. The van der Waals surface area contributed by atoms with Crippen LogP contribution in [-0.2, 0) is 13.1 Å². The summed E-state index contributed by atoms with van der Waals surface area (Å²) >= 11 is 0. The van der Waals surface area contributed by atoms with Crippen LogP contribution in [0.2, 0.25) is 0 Å². The molecule has 1 heterocycles. The van der Waals surface area contributed by atoms with Crippen LogP contribution in [0, 0.1) is 0 Å². The van der Waals surface area contributed by atoms with Crippen LogP contribution in [0.3, 0.4) is 0 Å². The highest BCUT2D eigenvalue weighted by molar-refractivity contribution is 14.0. The number of aliphatic imine (C=N–C) groups is 1. The Morgan fingerprint density at radius 2 is 1.85 bits per heavy atom. The molecule has 0 aliphatic rings. The van der Waals surface area contributed by atoms with Gasteiger partial charge in [0.2, 0.25) is 0 Å². The van der Waals surface area contributed by atoms with E-state index in [0.717, 1.165) is 25.6 Å². The molecule has 2 N–H and O–H groups in total. The molecule has 1 aromatic carbocycles. The second-order valence-corrected chi connectivity index (χ2v) is 7.23. The molecule has 7 heteroatoms. The largest absolute Gasteiger partial charge is 0.357 e. The topological polar surface area (TPSA) is 57.5 Å². The molecule has 0 saturated heterocycles. The molecule has 0 saturated carbocycles. The van der Waals surface area contributed by atoms with Crippen molar-refractivity contribution in [2.45, 2.75) is 39.4 Å². The van der Waals surface area contributed by atoms with E-state index in [4.69, 9.17) is 4.99 Å². The van der Waals surface area contributed by atoms with Crippen LogP contribution < -0.4 is 10.6 Å². The molecule has 0 fully saturated rings. The summed E-state index contributed by atoms with van der Waals surface area (Å²) in [6, 6.07) is 10.3. The fraction of sp³-hybridized carbons (Fsp3) is 0.500. The maximum Gasteiger partial charge on any atom is 0.191 e. The zero-order chi connectivity index (χ0) is 19.0. The fourth-order valence-electron chi connectivity index (χ4n) is 2.40.